The molecule has 0 radical (unpaired) electrons. The number of hydrogen-bond acceptors (Lipinski definition) is 5. The van der Waals surface area contributed by atoms with Gasteiger partial charge in [-0.3, -0.25) is 9.59 Å². The summed E-state index contributed by atoms with van der Waals surface area (Å²) in [6.07, 6.45) is 36.6. The number of allylic oxidation sites excluding steroid dienone is 1. The topological polar surface area (TPSA) is 70.1 Å². The average Bonchev–Trinajstić information content (AvgIpc) is 3.10. The van der Waals surface area contributed by atoms with Crippen molar-refractivity contribution in [3.8, 4) is 0 Å². The minimum atomic E-state index is -0.0294. The summed E-state index contributed by atoms with van der Waals surface area (Å²) >= 11 is 0. The van der Waals surface area contributed by atoms with Gasteiger partial charge in [-0.1, -0.05) is 142 Å². The van der Waals surface area contributed by atoms with Gasteiger partial charge in [0.1, 0.15) is 0 Å². The molecule has 0 aromatic heterocycles. The lowest BCUT2D eigenvalue weighted by molar-refractivity contribution is -0.144. The predicted molar refractivity (Wildman–Crippen MR) is 211 cm³/mol. The molecule has 0 aromatic carbocycles. The number of carbonyl (C=O) groups excluding carboxylic acids is 2. The van der Waals surface area contributed by atoms with Crippen molar-refractivity contribution in [2.75, 3.05) is 45.9 Å². The van der Waals surface area contributed by atoms with Crippen LogP contribution in [0.3, 0.4) is 0 Å². The third-order valence-electron chi connectivity index (χ3n) is 9.87. The van der Waals surface area contributed by atoms with E-state index in [2.05, 4.69) is 30.2 Å². The van der Waals surface area contributed by atoms with E-state index in [1.165, 1.54) is 109 Å². The van der Waals surface area contributed by atoms with Crippen molar-refractivity contribution in [1.82, 2.24) is 9.80 Å². The Bertz CT molecular complexity index is 716. The van der Waals surface area contributed by atoms with Gasteiger partial charge in [-0.05, 0) is 70.9 Å². The summed E-state index contributed by atoms with van der Waals surface area (Å²) in [5, 5.41) is 9.55. The zero-order valence-electron chi connectivity index (χ0n) is 33.0. The number of esters is 1. The number of nitrogens with zero attached hydrogens (tertiary/aromatic N) is 2. The Balaban J connectivity index is 3.97. The lowest BCUT2D eigenvalue weighted by Gasteiger charge is -2.23. The quantitative estimate of drug-likeness (QED) is 0.0393. The van der Waals surface area contributed by atoms with Gasteiger partial charge < -0.3 is 19.6 Å². The largest absolute Gasteiger partial charge is 0.466 e. The van der Waals surface area contributed by atoms with Crippen LogP contribution in [0.1, 0.15) is 206 Å². The van der Waals surface area contributed by atoms with Gasteiger partial charge in [0.2, 0.25) is 5.91 Å². The minimum absolute atomic E-state index is 0.0294. The molecule has 0 rings (SSSR count). The molecule has 0 atom stereocenters. The van der Waals surface area contributed by atoms with E-state index in [9.17, 15) is 14.7 Å². The van der Waals surface area contributed by atoms with Crippen LogP contribution in [0.5, 0.6) is 0 Å². The molecule has 0 aromatic rings. The molecule has 0 heterocycles. The molecule has 0 unspecified atom stereocenters. The average molecular weight is 693 g/mol. The van der Waals surface area contributed by atoms with Crippen molar-refractivity contribution >= 4 is 11.9 Å². The number of aliphatic hydroxyl groups is 1. The molecule has 6 nitrogen and oxygen atoms in total. The number of unbranched alkanes of at least 4 members (excludes halogenated alkanes) is 23. The molecule has 1 N–H and O–H groups in total. The number of carbonyl (C=O) groups is 2. The summed E-state index contributed by atoms with van der Waals surface area (Å²) in [5.41, 5.74) is 0. The van der Waals surface area contributed by atoms with Crippen LogP contribution in [0.4, 0.5) is 0 Å². The van der Waals surface area contributed by atoms with Crippen molar-refractivity contribution in [2.45, 2.75) is 206 Å². The van der Waals surface area contributed by atoms with Gasteiger partial charge in [0.05, 0.1) is 13.2 Å². The first-order valence-electron chi connectivity index (χ1n) is 21.5. The molecule has 0 saturated carbocycles. The zero-order chi connectivity index (χ0) is 35.9. The van der Waals surface area contributed by atoms with Gasteiger partial charge >= 0.3 is 5.97 Å². The Hall–Kier alpha value is -1.40. The summed E-state index contributed by atoms with van der Waals surface area (Å²) in [7, 11) is 0. The first kappa shape index (κ1) is 47.6. The first-order valence-corrected chi connectivity index (χ1v) is 21.5. The van der Waals surface area contributed by atoms with E-state index < -0.39 is 0 Å². The highest BCUT2D eigenvalue weighted by atomic mass is 16.5. The van der Waals surface area contributed by atoms with Gasteiger partial charge in [0, 0.05) is 32.5 Å². The second-order valence-corrected chi connectivity index (χ2v) is 14.6. The zero-order valence-corrected chi connectivity index (χ0v) is 33.0. The molecule has 0 aliphatic rings. The van der Waals surface area contributed by atoms with E-state index in [0.29, 0.717) is 25.4 Å². The molecule has 1 amide bonds. The lowest BCUT2D eigenvalue weighted by atomic mass is 10.1. The Morgan fingerprint density at radius 2 is 0.959 bits per heavy atom. The Labute approximate surface area is 305 Å². The fourth-order valence-electron chi connectivity index (χ4n) is 6.62. The number of aliphatic hydroxyl groups excluding tert-OH is 1. The highest BCUT2D eigenvalue weighted by Gasteiger charge is 2.13. The maximum Gasteiger partial charge on any atom is 0.305 e. The summed E-state index contributed by atoms with van der Waals surface area (Å²) < 4.78 is 5.41. The molecule has 0 spiro atoms. The van der Waals surface area contributed by atoms with Crippen LogP contribution in [-0.2, 0) is 14.3 Å². The molecule has 0 saturated heterocycles. The van der Waals surface area contributed by atoms with Gasteiger partial charge in [0.25, 0.3) is 0 Å². The van der Waals surface area contributed by atoms with Crippen LogP contribution in [0.2, 0.25) is 0 Å². The number of hydrogen-bond donors (Lipinski definition) is 1. The fourth-order valence-corrected chi connectivity index (χ4v) is 6.62. The van der Waals surface area contributed by atoms with Crippen LogP contribution in [0.15, 0.2) is 12.7 Å². The van der Waals surface area contributed by atoms with Gasteiger partial charge in [-0.2, -0.15) is 0 Å². The minimum Gasteiger partial charge on any atom is -0.466 e. The number of rotatable bonds is 40. The van der Waals surface area contributed by atoms with Crippen LogP contribution in [0, 0.1) is 0 Å². The third kappa shape index (κ3) is 34.8. The standard InChI is InChI=1S/C43H84N2O4/c1-4-7-10-13-16-25-32-41-49-43(48)34-27-20-18-22-29-36-44(39-40-46)35-28-21-17-19-26-33-42(47)45(37-30-23-14-11-8-5-2)38-31-24-15-12-9-6-3/h5,46H,2,4,6-41H2,1,3H3. The summed E-state index contributed by atoms with van der Waals surface area (Å²) in [6, 6.07) is 0. The molecule has 0 aliphatic heterocycles. The maximum absolute atomic E-state index is 13.1. The highest BCUT2D eigenvalue weighted by molar-refractivity contribution is 5.76. The van der Waals surface area contributed by atoms with Gasteiger partial charge in [0.15, 0.2) is 0 Å². The van der Waals surface area contributed by atoms with E-state index in [4.69, 9.17) is 4.74 Å². The molecule has 49 heavy (non-hydrogen) atoms. The van der Waals surface area contributed by atoms with Crippen molar-refractivity contribution in [3.05, 3.63) is 12.7 Å². The Kier molecular flexibility index (Phi) is 38.3. The summed E-state index contributed by atoms with van der Waals surface area (Å²) in [6.45, 7) is 13.8. The monoisotopic (exact) mass is 693 g/mol. The molecule has 0 aliphatic carbocycles. The van der Waals surface area contributed by atoms with Gasteiger partial charge in [-0.25, -0.2) is 0 Å². The summed E-state index contributed by atoms with van der Waals surface area (Å²) in [4.78, 5) is 29.6. The van der Waals surface area contributed by atoms with Crippen LogP contribution in [0.25, 0.3) is 0 Å². The van der Waals surface area contributed by atoms with E-state index in [1.807, 2.05) is 6.08 Å². The van der Waals surface area contributed by atoms with Gasteiger partial charge in [-0.15, -0.1) is 6.58 Å². The second-order valence-electron chi connectivity index (χ2n) is 14.6. The normalized spacial score (nSPS) is 11.3. The van der Waals surface area contributed by atoms with E-state index in [-0.39, 0.29) is 12.6 Å². The maximum atomic E-state index is 13.1. The van der Waals surface area contributed by atoms with Crippen molar-refractivity contribution < 1.29 is 19.4 Å². The SMILES string of the molecule is C=CCCCCCCN(CCCCCCCC)C(=O)CCCCCCCN(CCO)CCCCCCCC(=O)OCCCCCCCCC. The van der Waals surface area contributed by atoms with Crippen LogP contribution >= 0.6 is 0 Å². The second kappa shape index (κ2) is 39.4. The smallest absolute Gasteiger partial charge is 0.305 e. The molecule has 0 fully saturated rings. The first-order chi connectivity index (χ1) is 24.1. The van der Waals surface area contributed by atoms with Crippen molar-refractivity contribution in [3.63, 3.8) is 0 Å². The van der Waals surface area contributed by atoms with E-state index in [0.717, 1.165) is 103 Å². The third-order valence-corrected chi connectivity index (χ3v) is 9.87. The molecular formula is C43H84N2O4. The lowest BCUT2D eigenvalue weighted by Crippen LogP contribution is -2.32. The van der Waals surface area contributed by atoms with E-state index in [1.54, 1.807) is 0 Å². The highest BCUT2D eigenvalue weighted by Crippen LogP contribution is 2.14. The van der Waals surface area contributed by atoms with Crippen molar-refractivity contribution in [1.29, 1.82) is 0 Å². The summed E-state index contributed by atoms with van der Waals surface area (Å²) in [5.74, 6) is 0.339. The van der Waals surface area contributed by atoms with E-state index >= 15 is 0 Å². The number of amides is 1. The molecular weight excluding hydrogens is 608 g/mol. The van der Waals surface area contributed by atoms with Crippen LogP contribution < -0.4 is 0 Å². The molecule has 6 heteroatoms. The number of ether oxygens (including phenoxy) is 1. The molecule has 290 valence electrons. The van der Waals surface area contributed by atoms with Crippen LogP contribution in [-0.4, -0.2) is 72.7 Å². The Morgan fingerprint density at radius 1 is 0.531 bits per heavy atom. The predicted octanol–water partition coefficient (Wildman–Crippen LogP) is 11.6. The fraction of sp³-hybridized carbons (Fsp3) is 0.907. The Morgan fingerprint density at radius 3 is 1.47 bits per heavy atom. The molecule has 0 bridgehead atoms. The van der Waals surface area contributed by atoms with Crippen molar-refractivity contribution in [2.24, 2.45) is 0 Å².